The van der Waals surface area contributed by atoms with Crippen LogP contribution in [0.3, 0.4) is 0 Å². The van der Waals surface area contributed by atoms with E-state index in [1.165, 1.54) is 12.8 Å². The average molecular weight is 395 g/mol. The third kappa shape index (κ3) is 6.16. The molecule has 0 radical (unpaired) electrons. The van der Waals surface area contributed by atoms with Gasteiger partial charge in [0.05, 0.1) is 5.56 Å². The van der Waals surface area contributed by atoms with E-state index in [4.69, 9.17) is 10.5 Å². The predicted molar refractivity (Wildman–Crippen MR) is 114 cm³/mol. The summed E-state index contributed by atoms with van der Waals surface area (Å²) in [5.41, 5.74) is 7.45. The minimum absolute atomic E-state index is 0.0110. The molecule has 154 valence electrons. The summed E-state index contributed by atoms with van der Waals surface area (Å²) >= 11 is 0. The molecule has 0 bridgehead atoms. The molecule has 29 heavy (non-hydrogen) atoms. The molecular weight excluding hydrogens is 364 g/mol. The van der Waals surface area contributed by atoms with E-state index in [1.54, 1.807) is 24.3 Å². The van der Waals surface area contributed by atoms with Gasteiger partial charge in [0.1, 0.15) is 6.61 Å². The van der Waals surface area contributed by atoms with Crippen molar-refractivity contribution in [3.63, 3.8) is 0 Å². The Kier molecular flexibility index (Phi) is 7.82. The van der Waals surface area contributed by atoms with E-state index < -0.39 is 5.97 Å². The molecule has 0 spiro atoms. The summed E-state index contributed by atoms with van der Waals surface area (Å²) in [6.45, 7) is 2.51. The van der Waals surface area contributed by atoms with Gasteiger partial charge in [0.2, 0.25) is 0 Å². The van der Waals surface area contributed by atoms with Gasteiger partial charge >= 0.3 is 5.97 Å². The minimum atomic E-state index is -0.415. The Morgan fingerprint density at radius 3 is 2.41 bits per heavy atom. The highest BCUT2D eigenvalue weighted by Crippen LogP contribution is 2.24. The number of ether oxygens (including phenoxy) is 1. The van der Waals surface area contributed by atoms with Gasteiger partial charge < -0.3 is 15.4 Å². The Balaban J connectivity index is 1.53. The van der Waals surface area contributed by atoms with Crippen LogP contribution < -0.4 is 5.73 Å². The number of likely N-dealkylation sites (tertiary alicyclic amines) is 1. The summed E-state index contributed by atoms with van der Waals surface area (Å²) < 4.78 is 5.38. The van der Waals surface area contributed by atoms with Crippen molar-refractivity contribution in [1.82, 2.24) is 4.90 Å². The van der Waals surface area contributed by atoms with Crippen LogP contribution in [0.5, 0.6) is 0 Å². The number of amides is 1. The highest BCUT2D eigenvalue weighted by Gasteiger charge is 2.24. The fraction of sp³-hybridized carbons (Fsp3) is 0.417. The number of benzene rings is 2. The summed E-state index contributed by atoms with van der Waals surface area (Å²) in [7, 11) is 0. The Morgan fingerprint density at radius 2 is 1.69 bits per heavy atom. The molecule has 1 saturated heterocycles. The Hall–Kier alpha value is -2.66. The Bertz CT molecular complexity index is 799. The third-order valence-electron chi connectivity index (χ3n) is 5.53. The number of hydrogen-bond acceptors (Lipinski definition) is 4. The van der Waals surface area contributed by atoms with E-state index in [-0.39, 0.29) is 12.5 Å². The van der Waals surface area contributed by atoms with Gasteiger partial charge in [-0.05, 0) is 55.5 Å². The average Bonchev–Trinajstić information content (AvgIpc) is 2.78. The van der Waals surface area contributed by atoms with Crippen LogP contribution in [0, 0.1) is 5.92 Å². The lowest BCUT2D eigenvalue weighted by molar-refractivity contribution is 0.0472. The summed E-state index contributed by atoms with van der Waals surface area (Å²) in [6, 6.07) is 16.4. The maximum Gasteiger partial charge on any atom is 0.338 e. The van der Waals surface area contributed by atoms with Crippen molar-refractivity contribution >= 4 is 11.9 Å². The summed E-state index contributed by atoms with van der Waals surface area (Å²) in [4.78, 5) is 27.2. The van der Waals surface area contributed by atoms with Crippen LogP contribution in [0.25, 0.3) is 0 Å². The highest BCUT2D eigenvalue weighted by atomic mass is 16.5. The van der Waals surface area contributed by atoms with Gasteiger partial charge in [0, 0.05) is 18.7 Å². The van der Waals surface area contributed by atoms with E-state index in [1.807, 2.05) is 35.2 Å². The molecule has 5 heteroatoms. The lowest BCUT2D eigenvalue weighted by Crippen LogP contribution is -2.38. The molecule has 0 aromatic heterocycles. The molecule has 2 aromatic rings. The molecule has 2 N–H and O–H groups in total. The zero-order valence-electron chi connectivity index (χ0n) is 16.9. The summed E-state index contributed by atoms with van der Waals surface area (Å²) in [6.07, 6.45) is 5.51. The lowest BCUT2D eigenvalue weighted by atomic mass is 9.91. The van der Waals surface area contributed by atoms with Gasteiger partial charge in [-0.15, -0.1) is 0 Å². The van der Waals surface area contributed by atoms with Gasteiger partial charge in [-0.2, -0.15) is 0 Å². The summed E-state index contributed by atoms with van der Waals surface area (Å²) in [5.74, 6) is 0.259. The topological polar surface area (TPSA) is 72.6 Å². The van der Waals surface area contributed by atoms with Crippen LogP contribution in [0.15, 0.2) is 54.6 Å². The van der Waals surface area contributed by atoms with Gasteiger partial charge in [-0.1, -0.05) is 49.2 Å². The van der Waals surface area contributed by atoms with E-state index in [9.17, 15) is 9.59 Å². The second-order valence-electron chi connectivity index (χ2n) is 7.66. The van der Waals surface area contributed by atoms with Crippen molar-refractivity contribution in [2.75, 3.05) is 19.6 Å². The third-order valence-corrected chi connectivity index (χ3v) is 5.53. The van der Waals surface area contributed by atoms with E-state index in [0.29, 0.717) is 17.0 Å². The fourth-order valence-electron chi connectivity index (χ4n) is 3.77. The van der Waals surface area contributed by atoms with Crippen LogP contribution >= 0.6 is 0 Å². The molecule has 5 nitrogen and oxygen atoms in total. The first kappa shape index (κ1) is 21.1. The van der Waals surface area contributed by atoms with Gasteiger partial charge in [-0.3, -0.25) is 4.79 Å². The largest absolute Gasteiger partial charge is 0.457 e. The number of esters is 1. The van der Waals surface area contributed by atoms with Crippen molar-refractivity contribution in [1.29, 1.82) is 0 Å². The van der Waals surface area contributed by atoms with Crippen molar-refractivity contribution < 1.29 is 14.3 Å². The second-order valence-corrected chi connectivity index (χ2v) is 7.66. The molecule has 0 atom stereocenters. The molecule has 0 saturated carbocycles. The molecule has 0 unspecified atom stereocenters. The monoisotopic (exact) mass is 394 g/mol. The predicted octanol–water partition coefficient (Wildman–Crippen LogP) is 4.02. The fourth-order valence-corrected chi connectivity index (χ4v) is 3.77. The number of piperidine rings is 1. The van der Waals surface area contributed by atoms with Crippen LogP contribution in [0.1, 0.15) is 58.4 Å². The molecule has 1 amide bonds. The Labute approximate surface area is 172 Å². The van der Waals surface area contributed by atoms with Crippen LogP contribution in [0.2, 0.25) is 0 Å². The maximum absolute atomic E-state index is 12.9. The quantitative estimate of drug-likeness (QED) is 0.542. The van der Waals surface area contributed by atoms with Gasteiger partial charge in [-0.25, -0.2) is 4.79 Å². The zero-order chi connectivity index (χ0) is 20.5. The van der Waals surface area contributed by atoms with Crippen molar-refractivity contribution in [3.05, 3.63) is 71.3 Å². The molecule has 3 rings (SSSR count). The van der Waals surface area contributed by atoms with E-state index in [0.717, 1.165) is 44.5 Å². The van der Waals surface area contributed by atoms with Crippen LogP contribution in [-0.2, 0) is 11.3 Å². The second kappa shape index (κ2) is 10.8. The van der Waals surface area contributed by atoms with Gasteiger partial charge in [0.15, 0.2) is 0 Å². The zero-order valence-corrected chi connectivity index (χ0v) is 16.9. The van der Waals surface area contributed by atoms with Crippen LogP contribution in [0.4, 0.5) is 0 Å². The number of nitrogens with two attached hydrogens (primary N) is 1. The number of carbonyl (C=O) groups is 2. The SMILES string of the molecule is NCCCCC1CCN(C(=O)c2cccc(C(=O)OCc3ccccc3)c2)CC1. The highest BCUT2D eigenvalue weighted by molar-refractivity contribution is 5.98. The number of carbonyl (C=O) groups excluding carboxylic acids is 2. The lowest BCUT2D eigenvalue weighted by Gasteiger charge is -2.32. The van der Waals surface area contributed by atoms with E-state index >= 15 is 0 Å². The standard InChI is InChI=1S/C24H30N2O3/c25-14-5-4-7-19-12-15-26(16-13-19)23(27)21-10-6-11-22(17-21)24(28)29-18-20-8-2-1-3-9-20/h1-3,6,8-11,17,19H,4-5,7,12-16,18,25H2. The number of hydrogen-bond donors (Lipinski definition) is 1. The first-order valence-corrected chi connectivity index (χ1v) is 10.5. The molecule has 1 heterocycles. The molecule has 1 fully saturated rings. The van der Waals surface area contributed by atoms with Crippen molar-refractivity contribution in [2.24, 2.45) is 11.7 Å². The van der Waals surface area contributed by atoms with Gasteiger partial charge in [0.25, 0.3) is 5.91 Å². The molecule has 0 aliphatic carbocycles. The number of unbranched alkanes of at least 4 members (excludes halogenated alkanes) is 1. The number of nitrogens with zero attached hydrogens (tertiary/aromatic N) is 1. The van der Waals surface area contributed by atoms with Crippen LogP contribution in [-0.4, -0.2) is 36.4 Å². The first-order chi connectivity index (χ1) is 14.2. The molecule has 2 aromatic carbocycles. The first-order valence-electron chi connectivity index (χ1n) is 10.5. The maximum atomic E-state index is 12.9. The van der Waals surface area contributed by atoms with E-state index in [2.05, 4.69) is 0 Å². The van der Waals surface area contributed by atoms with Crippen molar-refractivity contribution in [3.8, 4) is 0 Å². The number of rotatable bonds is 8. The van der Waals surface area contributed by atoms with Crippen molar-refractivity contribution in [2.45, 2.75) is 38.7 Å². The summed E-state index contributed by atoms with van der Waals surface area (Å²) in [5, 5.41) is 0. The minimum Gasteiger partial charge on any atom is -0.457 e. The molecule has 1 aliphatic rings. The molecule has 1 aliphatic heterocycles. The Morgan fingerprint density at radius 1 is 0.966 bits per heavy atom. The molecular formula is C24H30N2O3. The smallest absolute Gasteiger partial charge is 0.338 e. The normalized spacial score (nSPS) is 14.6.